The summed E-state index contributed by atoms with van der Waals surface area (Å²) >= 11 is 6.22. The standard InChI is InChI=1S/C18H38ClNO2Si/c1-4-5-6-7-8-9-10-11-12-13-15-20-18(21)22-16-14-17-23(2,3)19/h4-17H2,1-3H3,(H,20,21). The Morgan fingerprint density at radius 3 is 1.96 bits per heavy atom. The minimum Gasteiger partial charge on any atom is -0.450 e. The molecule has 0 radical (unpaired) electrons. The van der Waals surface area contributed by atoms with Crippen LogP contribution in [0.3, 0.4) is 0 Å². The second kappa shape index (κ2) is 15.3. The maximum Gasteiger partial charge on any atom is 0.407 e. The minimum absolute atomic E-state index is 0.282. The third-order valence-corrected chi connectivity index (χ3v) is 6.06. The molecule has 0 aromatic heterocycles. The van der Waals surface area contributed by atoms with Gasteiger partial charge in [0, 0.05) is 6.54 Å². The molecule has 23 heavy (non-hydrogen) atoms. The number of amides is 1. The summed E-state index contributed by atoms with van der Waals surface area (Å²) in [7, 11) is -1.53. The zero-order chi connectivity index (χ0) is 17.4. The first-order valence-electron chi connectivity index (χ1n) is 9.55. The molecule has 0 heterocycles. The summed E-state index contributed by atoms with van der Waals surface area (Å²) in [6.45, 7) is 7.68. The number of hydrogen-bond donors (Lipinski definition) is 1. The molecule has 1 amide bonds. The molecule has 0 aromatic rings. The minimum atomic E-state index is -1.53. The third-order valence-electron chi connectivity index (χ3n) is 3.95. The van der Waals surface area contributed by atoms with Crippen molar-refractivity contribution in [3.05, 3.63) is 0 Å². The van der Waals surface area contributed by atoms with Gasteiger partial charge in [0.05, 0.1) is 6.61 Å². The van der Waals surface area contributed by atoms with Crippen molar-refractivity contribution in [2.75, 3.05) is 13.2 Å². The number of nitrogens with one attached hydrogen (secondary N) is 1. The van der Waals surface area contributed by atoms with Crippen LogP contribution in [-0.4, -0.2) is 26.6 Å². The van der Waals surface area contributed by atoms with E-state index in [2.05, 4.69) is 25.3 Å². The first-order chi connectivity index (χ1) is 11.0. The van der Waals surface area contributed by atoms with E-state index in [9.17, 15) is 4.79 Å². The van der Waals surface area contributed by atoms with Gasteiger partial charge in [-0.05, 0) is 18.9 Å². The molecule has 0 aliphatic carbocycles. The normalized spacial score (nSPS) is 11.5. The summed E-state index contributed by atoms with van der Waals surface area (Å²) in [5, 5.41) is 2.82. The topological polar surface area (TPSA) is 38.3 Å². The Labute approximate surface area is 149 Å². The van der Waals surface area contributed by atoms with E-state index in [4.69, 9.17) is 15.8 Å². The summed E-state index contributed by atoms with van der Waals surface area (Å²) in [6, 6.07) is 0.986. The number of alkyl carbamates (subject to hydrolysis) is 1. The smallest absolute Gasteiger partial charge is 0.407 e. The summed E-state index contributed by atoms with van der Waals surface area (Å²) < 4.78 is 5.14. The highest BCUT2D eigenvalue weighted by Gasteiger charge is 2.16. The van der Waals surface area contributed by atoms with Crippen LogP contribution in [0.2, 0.25) is 19.1 Å². The van der Waals surface area contributed by atoms with Gasteiger partial charge in [-0.3, -0.25) is 0 Å². The van der Waals surface area contributed by atoms with Crippen molar-refractivity contribution in [1.29, 1.82) is 0 Å². The number of ether oxygens (including phenoxy) is 1. The van der Waals surface area contributed by atoms with Crippen molar-refractivity contribution in [3.8, 4) is 0 Å². The number of carbonyl (C=O) groups excluding carboxylic acids is 1. The Kier molecular flexibility index (Phi) is 15.2. The lowest BCUT2D eigenvalue weighted by Gasteiger charge is -2.12. The van der Waals surface area contributed by atoms with Crippen LogP contribution in [-0.2, 0) is 4.74 Å². The molecule has 0 aliphatic heterocycles. The van der Waals surface area contributed by atoms with Crippen molar-refractivity contribution in [1.82, 2.24) is 5.32 Å². The lowest BCUT2D eigenvalue weighted by Crippen LogP contribution is -2.26. The number of hydrogen-bond acceptors (Lipinski definition) is 2. The highest BCUT2D eigenvalue weighted by atomic mass is 35.6. The fraction of sp³-hybridized carbons (Fsp3) is 0.944. The van der Waals surface area contributed by atoms with E-state index in [0.29, 0.717) is 6.61 Å². The van der Waals surface area contributed by atoms with Gasteiger partial charge in [-0.15, -0.1) is 0 Å². The van der Waals surface area contributed by atoms with Crippen LogP contribution in [0.4, 0.5) is 4.79 Å². The van der Waals surface area contributed by atoms with Gasteiger partial charge in [0.15, 0.2) is 7.38 Å². The Morgan fingerprint density at radius 2 is 1.43 bits per heavy atom. The zero-order valence-electron chi connectivity index (χ0n) is 15.6. The lowest BCUT2D eigenvalue weighted by molar-refractivity contribution is 0.146. The Balaban J connectivity index is 3.20. The van der Waals surface area contributed by atoms with E-state index in [1.807, 2.05) is 0 Å². The van der Waals surface area contributed by atoms with Gasteiger partial charge in [0.25, 0.3) is 0 Å². The van der Waals surface area contributed by atoms with Crippen molar-refractivity contribution in [2.45, 2.75) is 96.7 Å². The summed E-state index contributed by atoms with van der Waals surface area (Å²) in [5.41, 5.74) is 0. The van der Waals surface area contributed by atoms with Crippen LogP contribution in [0.5, 0.6) is 0 Å². The van der Waals surface area contributed by atoms with Crippen LogP contribution < -0.4 is 5.32 Å². The van der Waals surface area contributed by atoms with Gasteiger partial charge in [0.2, 0.25) is 0 Å². The third kappa shape index (κ3) is 19.7. The van der Waals surface area contributed by atoms with Crippen LogP contribution >= 0.6 is 11.1 Å². The molecule has 0 spiro atoms. The molecule has 5 heteroatoms. The summed E-state index contributed by atoms with van der Waals surface area (Å²) in [5.74, 6) is 0. The van der Waals surface area contributed by atoms with Crippen molar-refractivity contribution in [2.24, 2.45) is 0 Å². The molecule has 1 N–H and O–H groups in total. The fourth-order valence-corrected chi connectivity index (χ4v) is 3.90. The molecular weight excluding hydrogens is 326 g/mol. The van der Waals surface area contributed by atoms with Crippen molar-refractivity contribution < 1.29 is 9.53 Å². The van der Waals surface area contributed by atoms with Gasteiger partial charge < -0.3 is 10.1 Å². The van der Waals surface area contributed by atoms with E-state index in [1.165, 1.54) is 57.8 Å². The molecule has 3 nitrogen and oxygen atoms in total. The fourth-order valence-electron chi connectivity index (χ4n) is 2.51. The van der Waals surface area contributed by atoms with Gasteiger partial charge in [-0.2, -0.15) is 11.1 Å². The molecule has 0 saturated carbocycles. The molecular formula is C18H38ClNO2Si. The Hall–Kier alpha value is -0.223. The number of unbranched alkanes of at least 4 members (excludes halogenated alkanes) is 9. The summed E-state index contributed by atoms with van der Waals surface area (Å²) in [4.78, 5) is 11.5. The van der Waals surface area contributed by atoms with Crippen molar-refractivity contribution in [3.63, 3.8) is 0 Å². The van der Waals surface area contributed by atoms with Gasteiger partial charge in [-0.25, -0.2) is 4.79 Å². The molecule has 0 atom stereocenters. The number of carbonyl (C=O) groups is 1. The molecule has 0 aliphatic rings. The highest BCUT2D eigenvalue weighted by Crippen LogP contribution is 2.16. The predicted octanol–water partition coefficient (Wildman–Crippen LogP) is 6.47. The van der Waals surface area contributed by atoms with E-state index in [-0.39, 0.29) is 6.09 Å². The molecule has 0 fully saturated rings. The molecule has 138 valence electrons. The lowest BCUT2D eigenvalue weighted by atomic mass is 10.1. The van der Waals surface area contributed by atoms with Crippen LogP contribution in [0.25, 0.3) is 0 Å². The quantitative estimate of drug-likeness (QED) is 0.206. The molecule has 0 bridgehead atoms. The highest BCUT2D eigenvalue weighted by molar-refractivity contribution is 7.19. The SMILES string of the molecule is CCCCCCCCCCCCNC(=O)OCCC[Si](C)(C)Cl. The first kappa shape index (κ1) is 22.8. The molecule has 0 unspecified atom stereocenters. The molecule has 0 aromatic carbocycles. The van der Waals surface area contributed by atoms with Crippen LogP contribution in [0.15, 0.2) is 0 Å². The largest absolute Gasteiger partial charge is 0.450 e. The van der Waals surface area contributed by atoms with E-state index in [0.717, 1.165) is 25.4 Å². The monoisotopic (exact) mass is 363 g/mol. The number of rotatable bonds is 15. The van der Waals surface area contributed by atoms with E-state index in [1.54, 1.807) is 0 Å². The average molecular weight is 364 g/mol. The van der Waals surface area contributed by atoms with E-state index < -0.39 is 7.38 Å². The van der Waals surface area contributed by atoms with Gasteiger partial charge >= 0.3 is 6.09 Å². The maximum atomic E-state index is 11.5. The summed E-state index contributed by atoms with van der Waals surface area (Å²) in [6.07, 6.45) is 13.7. The van der Waals surface area contributed by atoms with Crippen LogP contribution in [0, 0.1) is 0 Å². The zero-order valence-corrected chi connectivity index (χ0v) is 17.3. The predicted molar refractivity (Wildman–Crippen MR) is 104 cm³/mol. The second-order valence-corrected chi connectivity index (χ2v) is 14.1. The Morgan fingerprint density at radius 1 is 0.913 bits per heavy atom. The van der Waals surface area contributed by atoms with Crippen molar-refractivity contribution >= 4 is 24.6 Å². The maximum absolute atomic E-state index is 11.5. The van der Waals surface area contributed by atoms with E-state index >= 15 is 0 Å². The Bertz CT molecular complexity index is 283. The molecule has 0 saturated heterocycles. The van der Waals surface area contributed by atoms with Crippen LogP contribution in [0.1, 0.15) is 77.6 Å². The number of halogens is 1. The molecule has 0 rings (SSSR count). The van der Waals surface area contributed by atoms with Gasteiger partial charge in [-0.1, -0.05) is 77.8 Å². The second-order valence-electron chi connectivity index (χ2n) is 7.07. The van der Waals surface area contributed by atoms with Gasteiger partial charge in [0.1, 0.15) is 0 Å². The average Bonchev–Trinajstić information content (AvgIpc) is 2.48. The first-order valence-corrected chi connectivity index (χ1v) is 13.8.